The Labute approximate surface area is 160 Å². The van der Waals surface area contributed by atoms with Crippen LogP contribution in [-0.4, -0.2) is 73.4 Å². The lowest BCUT2D eigenvalue weighted by Crippen LogP contribution is -2.44. The van der Waals surface area contributed by atoms with Crippen LogP contribution in [0.4, 0.5) is 16.6 Å². The summed E-state index contributed by atoms with van der Waals surface area (Å²) in [6.07, 6.45) is 4.47. The van der Waals surface area contributed by atoms with Gasteiger partial charge in [-0.1, -0.05) is 0 Å². The third-order valence-corrected chi connectivity index (χ3v) is 5.59. The first kappa shape index (κ1) is 18.3. The van der Waals surface area contributed by atoms with Crippen molar-refractivity contribution in [2.75, 3.05) is 62.3 Å². The summed E-state index contributed by atoms with van der Waals surface area (Å²) >= 11 is 0. The first-order chi connectivity index (χ1) is 13.3. The van der Waals surface area contributed by atoms with Crippen LogP contribution >= 0.6 is 0 Å². The predicted octanol–water partition coefficient (Wildman–Crippen LogP) is 1.39. The number of morpholine rings is 1. The topological polar surface area (TPSA) is 73.8 Å². The summed E-state index contributed by atoms with van der Waals surface area (Å²) in [4.78, 5) is 28.8. The molecule has 27 heavy (non-hydrogen) atoms. The standard InChI is InChI=1S/C19H30N6O2/c1-2-20-19(26)25-9-6-16-15(14-25)17(23-7-4-3-5-8-23)22-18(21-16)24-10-12-27-13-11-24/h2-14H2,1H3,(H,20,26). The van der Waals surface area contributed by atoms with Crippen molar-refractivity contribution in [3.05, 3.63) is 11.3 Å². The van der Waals surface area contributed by atoms with E-state index in [1.54, 1.807) is 0 Å². The number of urea groups is 1. The number of hydrogen-bond acceptors (Lipinski definition) is 6. The van der Waals surface area contributed by atoms with Crippen LogP contribution in [0.5, 0.6) is 0 Å². The third kappa shape index (κ3) is 3.95. The number of hydrogen-bond donors (Lipinski definition) is 1. The molecule has 0 spiro atoms. The van der Waals surface area contributed by atoms with Crippen LogP contribution in [0.3, 0.4) is 0 Å². The second-order valence-corrected chi connectivity index (χ2v) is 7.43. The Morgan fingerprint density at radius 2 is 1.81 bits per heavy atom. The molecule has 8 heteroatoms. The van der Waals surface area contributed by atoms with Crippen molar-refractivity contribution in [2.24, 2.45) is 0 Å². The Balaban J connectivity index is 1.66. The number of nitrogens with one attached hydrogen (secondary N) is 1. The highest BCUT2D eigenvalue weighted by molar-refractivity contribution is 5.75. The van der Waals surface area contributed by atoms with E-state index in [4.69, 9.17) is 14.7 Å². The Hall–Kier alpha value is -2.09. The van der Waals surface area contributed by atoms with Gasteiger partial charge in [0.1, 0.15) is 5.82 Å². The highest BCUT2D eigenvalue weighted by Gasteiger charge is 2.29. The van der Waals surface area contributed by atoms with E-state index in [-0.39, 0.29) is 6.03 Å². The Bertz CT molecular complexity index is 670. The molecule has 148 valence electrons. The number of fused-ring (bicyclic) bond motifs is 1. The monoisotopic (exact) mass is 374 g/mol. The van der Waals surface area contributed by atoms with Crippen LogP contribution < -0.4 is 15.1 Å². The molecule has 3 aliphatic rings. The molecule has 1 N–H and O–H groups in total. The first-order valence-electron chi connectivity index (χ1n) is 10.3. The van der Waals surface area contributed by atoms with Gasteiger partial charge in [0.15, 0.2) is 0 Å². The van der Waals surface area contributed by atoms with Gasteiger partial charge in [-0.15, -0.1) is 0 Å². The lowest BCUT2D eigenvalue weighted by atomic mass is 10.0. The van der Waals surface area contributed by atoms with Crippen LogP contribution in [0.1, 0.15) is 37.4 Å². The van der Waals surface area contributed by atoms with E-state index in [1.165, 1.54) is 19.3 Å². The molecule has 2 amide bonds. The van der Waals surface area contributed by atoms with E-state index >= 15 is 0 Å². The average molecular weight is 374 g/mol. The summed E-state index contributed by atoms with van der Waals surface area (Å²) < 4.78 is 5.49. The normalized spacial score (nSPS) is 20.4. The van der Waals surface area contributed by atoms with Gasteiger partial charge in [0.2, 0.25) is 5.95 Å². The quantitative estimate of drug-likeness (QED) is 0.862. The van der Waals surface area contributed by atoms with E-state index < -0.39 is 0 Å². The van der Waals surface area contributed by atoms with Gasteiger partial charge in [0.05, 0.1) is 25.5 Å². The zero-order valence-electron chi connectivity index (χ0n) is 16.2. The van der Waals surface area contributed by atoms with Gasteiger partial charge in [-0.05, 0) is 26.2 Å². The van der Waals surface area contributed by atoms with Crippen molar-refractivity contribution in [1.29, 1.82) is 0 Å². The molecule has 0 aliphatic carbocycles. The van der Waals surface area contributed by atoms with E-state index in [0.29, 0.717) is 19.6 Å². The predicted molar refractivity (Wildman–Crippen MR) is 104 cm³/mol. The van der Waals surface area contributed by atoms with Crippen molar-refractivity contribution in [3.8, 4) is 0 Å². The molecule has 4 rings (SSSR count). The molecule has 2 fully saturated rings. The molecule has 1 aromatic rings. The summed E-state index contributed by atoms with van der Waals surface area (Å²) in [5.41, 5.74) is 2.24. The smallest absolute Gasteiger partial charge is 0.317 e. The molecule has 0 saturated carbocycles. The van der Waals surface area contributed by atoms with E-state index in [9.17, 15) is 4.79 Å². The molecule has 0 unspecified atom stereocenters. The van der Waals surface area contributed by atoms with Gasteiger partial charge in [-0.2, -0.15) is 4.98 Å². The fourth-order valence-electron chi connectivity index (χ4n) is 4.09. The van der Waals surface area contributed by atoms with Gasteiger partial charge in [0, 0.05) is 51.3 Å². The van der Waals surface area contributed by atoms with Crippen molar-refractivity contribution in [1.82, 2.24) is 20.2 Å². The van der Waals surface area contributed by atoms with Crippen molar-refractivity contribution in [2.45, 2.75) is 39.2 Å². The first-order valence-corrected chi connectivity index (χ1v) is 10.3. The summed E-state index contributed by atoms with van der Waals surface area (Å²) in [6, 6.07) is 0.00463. The van der Waals surface area contributed by atoms with Gasteiger partial charge in [-0.25, -0.2) is 9.78 Å². The fourth-order valence-corrected chi connectivity index (χ4v) is 4.09. The Morgan fingerprint density at radius 3 is 2.56 bits per heavy atom. The van der Waals surface area contributed by atoms with Crippen LogP contribution in [0.15, 0.2) is 0 Å². The van der Waals surface area contributed by atoms with E-state index in [0.717, 1.165) is 68.8 Å². The highest BCUT2D eigenvalue weighted by atomic mass is 16.5. The van der Waals surface area contributed by atoms with Crippen molar-refractivity contribution in [3.63, 3.8) is 0 Å². The molecular formula is C19H30N6O2. The maximum Gasteiger partial charge on any atom is 0.317 e. The molecule has 1 aromatic heterocycles. The van der Waals surface area contributed by atoms with Crippen molar-refractivity contribution >= 4 is 17.8 Å². The number of nitrogens with zero attached hydrogens (tertiary/aromatic N) is 5. The molecule has 4 heterocycles. The molecule has 2 saturated heterocycles. The second-order valence-electron chi connectivity index (χ2n) is 7.43. The van der Waals surface area contributed by atoms with Crippen LogP contribution in [0, 0.1) is 0 Å². The van der Waals surface area contributed by atoms with Gasteiger partial charge in [-0.3, -0.25) is 0 Å². The number of rotatable bonds is 3. The second kappa shape index (κ2) is 8.29. The Morgan fingerprint density at radius 1 is 1.04 bits per heavy atom. The van der Waals surface area contributed by atoms with Gasteiger partial charge < -0.3 is 24.8 Å². The number of carbonyl (C=O) groups excluding carboxylic acids is 1. The minimum absolute atomic E-state index is 0.00463. The maximum absolute atomic E-state index is 12.3. The van der Waals surface area contributed by atoms with Crippen molar-refractivity contribution < 1.29 is 9.53 Å². The SMILES string of the molecule is CCNC(=O)N1CCc2nc(N3CCOCC3)nc(N3CCCCC3)c2C1. The average Bonchev–Trinajstić information content (AvgIpc) is 2.74. The summed E-state index contributed by atoms with van der Waals surface area (Å²) in [7, 11) is 0. The molecule has 0 radical (unpaired) electrons. The minimum atomic E-state index is 0.00463. The molecular weight excluding hydrogens is 344 g/mol. The Kier molecular flexibility index (Phi) is 5.61. The van der Waals surface area contributed by atoms with Crippen LogP contribution in [0.25, 0.3) is 0 Å². The summed E-state index contributed by atoms with van der Waals surface area (Å²) in [6.45, 7) is 9.09. The fraction of sp³-hybridized carbons (Fsp3) is 0.737. The van der Waals surface area contributed by atoms with Crippen LogP contribution in [-0.2, 0) is 17.7 Å². The van der Waals surface area contributed by atoms with Gasteiger partial charge >= 0.3 is 6.03 Å². The van der Waals surface area contributed by atoms with E-state index in [1.807, 2.05) is 11.8 Å². The number of amides is 2. The largest absolute Gasteiger partial charge is 0.378 e. The molecule has 3 aliphatic heterocycles. The molecule has 8 nitrogen and oxygen atoms in total. The molecule has 0 aromatic carbocycles. The maximum atomic E-state index is 12.3. The van der Waals surface area contributed by atoms with Crippen LogP contribution in [0.2, 0.25) is 0 Å². The summed E-state index contributed by atoms with van der Waals surface area (Å²) in [5, 5.41) is 2.92. The lowest BCUT2D eigenvalue weighted by molar-refractivity contribution is 0.122. The van der Waals surface area contributed by atoms with Gasteiger partial charge in [0.25, 0.3) is 0 Å². The van der Waals surface area contributed by atoms with E-state index in [2.05, 4.69) is 15.1 Å². The minimum Gasteiger partial charge on any atom is -0.378 e. The molecule has 0 atom stereocenters. The number of ether oxygens (including phenoxy) is 1. The summed E-state index contributed by atoms with van der Waals surface area (Å²) in [5.74, 6) is 1.86. The zero-order valence-corrected chi connectivity index (χ0v) is 16.2. The lowest BCUT2D eigenvalue weighted by Gasteiger charge is -2.36. The number of carbonyl (C=O) groups is 1. The highest BCUT2D eigenvalue weighted by Crippen LogP contribution is 2.31. The third-order valence-electron chi connectivity index (χ3n) is 5.59. The zero-order chi connectivity index (χ0) is 18.6. The molecule has 0 bridgehead atoms. The number of piperidine rings is 1. The number of anilines is 2. The number of aromatic nitrogens is 2.